The number of aryl methyl sites for hydroxylation is 1. The largest absolute Gasteiger partial charge is 0.456 e. The Balaban J connectivity index is 1.48. The fourth-order valence-electron chi connectivity index (χ4n) is 3.67. The van der Waals surface area contributed by atoms with Crippen LogP contribution in [0.1, 0.15) is 34.7 Å². The maximum atomic E-state index is 12.8. The summed E-state index contributed by atoms with van der Waals surface area (Å²) in [7, 11) is 0. The number of fused-ring (bicyclic) bond motifs is 1. The van der Waals surface area contributed by atoms with E-state index in [1.807, 2.05) is 30.0 Å². The van der Waals surface area contributed by atoms with E-state index in [1.165, 1.54) is 0 Å². The zero-order valence-corrected chi connectivity index (χ0v) is 14.3. The van der Waals surface area contributed by atoms with Gasteiger partial charge in [0.05, 0.1) is 19.2 Å². The summed E-state index contributed by atoms with van der Waals surface area (Å²) in [6.45, 7) is 3.55. The molecule has 4 rings (SSSR count). The zero-order valence-electron chi connectivity index (χ0n) is 14.3. The molecule has 0 saturated carbocycles. The van der Waals surface area contributed by atoms with E-state index in [0.29, 0.717) is 18.9 Å². The van der Waals surface area contributed by atoms with Crippen LogP contribution < -0.4 is 0 Å². The quantitative estimate of drug-likeness (QED) is 0.854. The van der Waals surface area contributed by atoms with Crippen molar-refractivity contribution < 1.29 is 18.7 Å². The van der Waals surface area contributed by atoms with Gasteiger partial charge in [-0.3, -0.25) is 9.78 Å². The van der Waals surface area contributed by atoms with Gasteiger partial charge in [-0.05, 0) is 43.5 Å². The van der Waals surface area contributed by atoms with Gasteiger partial charge in [-0.25, -0.2) is 0 Å². The minimum absolute atomic E-state index is 0.0468. The second kappa shape index (κ2) is 6.98. The molecule has 0 aromatic carbocycles. The lowest BCUT2D eigenvalue weighted by Crippen LogP contribution is -2.43. The summed E-state index contributed by atoms with van der Waals surface area (Å²) in [5.41, 5.74) is 1.02. The van der Waals surface area contributed by atoms with Crippen molar-refractivity contribution in [3.8, 4) is 0 Å². The Morgan fingerprint density at radius 3 is 3.08 bits per heavy atom. The van der Waals surface area contributed by atoms with Crippen molar-refractivity contribution in [1.29, 1.82) is 0 Å². The zero-order chi connectivity index (χ0) is 17.2. The third-order valence-electron chi connectivity index (χ3n) is 4.88. The Bertz CT molecular complexity index is 730. The number of aromatic nitrogens is 1. The van der Waals surface area contributed by atoms with Gasteiger partial charge in [0.1, 0.15) is 18.0 Å². The second-order valence-corrected chi connectivity index (χ2v) is 6.62. The number of carbonyl (C=O) groups is 1. The first-order valence-electron chi connectivity index (χ1n) is 8.72. The number of rotatable bonds is 4. The Hall–Kier alpha value is -2.18. The smallest absolute Gasteiger partial charge is 0.289 e. The topological polar surface area (TPSA) is 64.8 Å². The van der Waals surface area contributed by atoms with E-state index in [2.05, 4.69) is 4.98 Å². The van der Waals surface area contributed by atoms with Gasteiger partial charge in [-0.1, -0.05) is 6.07 Å². The Labute approximate surface area is 146 Å². The maximum absolute atomic E-state index is 12.8. The number of furan rings is 1. The molecule has 2 aliphatic heterocycles. The summed E-state index contributed by atoms with van der Waals surface area (Å²) in [5, 5.41) is 0. The van der Waals surface area contributed by atoms with Gasteiger partial charge in [-0.2, -0.15) is 0 Å². The molecule has 3 atom stereocenters. The van der Waals surface area contributed by atoms with E-state index in [4.69, 9.17) is 13.9 Å². The highest BCUT2D eigenvalue weighted by Crippen LogP contribution is 2.32. The molecule has 6 nitrogen and oxygen atoms in total. The predicted molar refractivity (Wildman–Crippen MR) is 90.1 cm³/mol. The monoisotopic (exact) mass is 342 g/mol. The minimum atomic E-state index is -0.134. The van der Waals surface area contributed by atoms with Crippen LogP contribution in [0.5, 0.6) is 0 Å². The number of pyridine rings is 1. The van der Waals surface area contributed by atoms with E-state index >= 15 is 0 Å². The molecule has 2 aliphatic rings. The van der Waals surface area contributed by atoms with Crippen molar-refractivity contribution in [3.05, 3.63) is 53.7 Å². The molecular weight excluding hydrogens is 320 g/mol. The van der Waals surface area contributed by atoms with Gasteiger partial charge < -0.3 is 18.8 Å². The number of carbonyl (C=O) groups excluding carboxylic acids is 1. The van der Waals surface area contributed by atoms with E-state index in [1.54, 1.807) is 18.5 Å². The molecule has 0 radical (unpaired) electrons. The number of amides is 1. The van der Waals surface area contributed by atoms with Gasteiger partial charge in [-0.15, -0.1) is 0 Å². The van der Waals surface area contributed by atoms with Gasteiger partial charge in [0, 0.05) is 19.0 Å². The summed E-state index contributed by atoms with van der Waals surface area (Å²) < 4.78 is 17.6. The molecule has 2 saturated heterocycles. The molecule has 2 fully saturated rings. The third kappa shape index (κ3) is 3.32. The number of hydrogen-bond donors (Lipinski definition) is 0. The van der Waals surface area contributed by atoms with E-state index < -0.39 is 0 Å². The van der Waals surface area contributed by atoms with Crippen LogP contribution in [0.15, 0.2) is 41.1 Å². The molecule has 0 unspecified atom stereocenters. The first-order chi connectivity index (χ1) is 12.2. The molecule has 0 aliphatic carbocycles. The van der Waals surface area contributed by atoms with E-state index in [9.17, 15) is 4.79 Å². The van der Waals surface area contributed by atoms with Crippen LogP contribution in [0.4, 0.5) is 0 Å². The van der Waals surface area contributed by atoms with Crippen LogP contribution in [0.2, 0.25) is 0 Å². The second-order valence-electron chi connectivity index (χ2n) is 6.62. The Morgan fingerprint density at radius 2 is 2.32 bits per heavy atom. The normalized spacial score (nSPS) is 25.8. The molecule has 1 amide bonds. The fraction of sp³-hybridized carbons (Fsp3) is 0.474. The summed E-state index contributed by atoms with van der Waals surface area (Å²) in [4.78, 5) is 18.8. The van der Waals surface area contributed by atoms with Crippen molar-refractivity contribution >= 4 is 5.91 Å². The average Bonchev–Trinajstić information content (AvgIpc) is 3.24. The van der Waals surface area contributed by atoms with Gasteiger partial charge in [0.25, 0.3) is 5.91 Å². The van der Waals surface area contributed by atoms with Crippen LogP contribution >= 0.6 is 0 Å². The highest BCUT2D eigenvalue weighted by atomic mass is 16.5. The van der Waals surface area contributed by atoms with Crippen LogP contribution in [0, 0.1) is 6.92 Å². The molecule has 2 aromatic heterocycles. The van der Waals surface area contributed by atoms with Crippen molar-refractivity contribution in [2.75, 3.05) is 13.2 Å². The Morgan fingerprint density at radius 1 is 1.40 bits per heavy atom. The maximum Gasteiger partial charge on any atom is 0.289 e. The van der Waals surface area contributed by atoms with Crippen molar-refractivity contribution in [1.82, 2.24) is 9.88 Å². The third-order valence-corrected chi connectivity index (χ3v) is 4.88. The lowest BCUT2D eigenvalue weighted by Gasteiger charge is -2.31. The fourth-order valence-corrected chi connectivity index (χ4v) is 3.67. The van der Waals surface area contributed by atoms with Crippen LogP contribution in [-0.2, 0) is 16.1 Å². The standard InChI is InChI=1S/C19H22N2O4/c1-13-6-7-16(25-13)19(22)21-11-17(18-15(21)5-3-9-23-18)24-12-14-4-2-8-20-10-14/h2,4,6-8,10,15,17-18H,3,5,9,11-12H2,1H3/t15-,17+,18-/m0/s1. The molecule has 6 heteroatoms. The van der Waals surface area contributed by atoms with Gasteiger partial charge in [0.15, 0.2) is 5.76 Å². The van der Waals surface area contributed by atoms with Gasteiger partial charge >= 0.3 is 0 Å². The number of likely N-dealkylation sites (tertiary alicyclic amines) is 1. The highest BCUT2D eigenvalue weighted by Gasteiger charge is 2.47. The number of ether oxygens (including phenoxy) is 2. The lowest BCUT2D eigenvalue weighted by atomic mass is 10.0. The lowest BCUT2D eigenvalue weighted by molar-refractivity contribution is -0.0810. The molecule has 4 heterocycles. The van der Waals surface area contributed by atoms with Crippen molar-refractivity contribution in [3.63, 3.8) is 0 Å². The summed E-state index contributed by atoms with van der Waals surface area (Å²) >= 11 is 0. The Kier molecular flexibility index (Phi) is 4.55. The molecule has 2 aromatic rings. The highest BCUT2D eigenvalue weighted by molar-refractivity contribution is 5.92. The predicted octanol–water partition coefficient (Wildman–Crippen LogP) is 2.57. The molecule has 0 spiro atoms. The summed E-state index contributed by atoms with van der Waals surface area (Å²) in [6, 6.07) is 7.47. The van der Waals surface area contributed by atoms with E-state index in [-0.39, 0.29) is 24.2 Å². The first-order valence-corrected chi connectivity index (χ1v) is 8.72. The average molecular weight is 342 g/mol. The molecule has 25 heavy (non-hydrogen) atoms. The number of hydrogen-bond acceptors (Lipinski definition) is 5. The summed E-state index contributed by atoms with van der Waals surface area (Å²) in [5.74, 6) is 1.04. The SMILES string of the molecule is Cc1ccc(C(=O)N2C[C@@H](OCc3cccnc3)[C@H]3OCCC[C@@H]32)o1. The van der Waals surface area contributed by atoms with Crippen LogP contribution in [0.3, 0.4) is 0 Å². The number of nitrogens with zero attached hydrogens (tertiary/aromatic N) is 2. The van der Waals surface area contributed by atoms with Crippen LogP contribution in [0.25, 0.3) is 0 Å². The summed E-state index contributed by atoms with van der Waals surface area (Å²) in [6.07, 6.45) is 5.21. The van der Waals surface area contributed by atoms with Crippen LogP contribution in [-0.4, -0.2) is 47.2 Å². The first kappa shape index (κ1) is 16.3. The molecule has 0 N–H and O–H groups in total. The van der Waals surface area contributed by atoms with Crippen molar-refractivity contribution in [2.24, 2.45) is 0 Å². The molecule has 0 bridgehead atoms. The molecular formula is C19H22N2O4. The van der Waals surface area contributed by atoms with E-state index in [0.717, 1.165) is 30.8 Å². The molecule has 132 valence electrons. The van der Waals surface area contributed by atoms with Crippen molar-refractivity contribution in [2.45, 2.75) is 44.6 Å². The van der Waals surface area contributed by atoms with Gasteiger partial charge in [0.2, 0.25) is 0 Å². The minimum Gasteiger partial charge on any atom is -0.456 e.